The highest BCUT2D eigenvalue weighted by atomic mass is 16.5. The molecule has 1 aromatic carbocycles. The molecule has 0 bridgehead atoms. The normalized spacial score (nSPS) is 10.7. The second kappa shape index (κ2) is 6.43. The average molecular weight is 287 g/mol. The number of phenolic OH excluding ortho intramolecular Hbond substituents is 1. The van der Waals surface area contributed by atoms with Gasteiger partial charge >= 0.3 is 0 Å². The van der Waals surface area contributed by atoms with Gasteiger partial charge in [-0.15, -0.1) is 0 Å². The molecule has 0 aliphatic carbocycles. The van der Waals surface area contributed by atoms with Crippen LogP contribution in [0.1, 0.15) is 31.0 Å². The fourth-order valence-electron chi connectivity index (χ4n) is 2.07. The molecule has 5 heteroatoms. The first-order valence-electron chi connectivity index (χ1n) is 6.90. The maximum atomic E-state index is 9.82. The number of ether oxygens (including phenoxy) is 1. The van der Waals surface area contributed by atoms with Crippen molar-refractivity contribution in [1.82, 2.24) is 9.97 Å². The van der Waals surface area contributed by atoms with Crippen molar-refractivity contribution in [2.24, 2.45) is 0 Å². The summed E-state index contributed by atoms with van der Waals surface area (Å²) in [4.78, 5) is 10.6. The minimum Gasteiger partial charge on any atom is -0.504 e. The number of rotatable bonds is 5. The number of hydrogen-bond acceptors (Lipinski definition) is 5. The van der Waals surface area contributed by atoms with Crippen LogP contribution in [-0.2, 0) is 6.54 Å². The Balaban J connectivity index is 2.15. The third kappa shape index (κ3) is 3.62. The zero-order valence-electron chi connectivity index (χ0n) is 12.9. The number of aromatic hydroxyl groups is 1. The summed E-state index contributed by atoms with van der Waals surface area (Å²) in [7, 11) is 3.50. The van der Waals surface area contributed by atoms with E-state index in [1.54, 1.807) is 18.5 Å². The summed E-state index contributed by atoms with van der Waals surface area (Å²) in [6, 6.07) is 7.39. The highest BCUT2D eigenvalue weighted by molar-refractivity contribution is 5.44. The van der Waals surface area contributed by atoms with Gasteiger partial charge in [0.2, 0.25) is 0 Å². The molecule has 0 atom stereocenters. The van der Waals surface area contributed by atoms with Gasteiger partial charge in [0.1, 0.15) is 12.1 Å². The van der Waals surface area contributed by atoms with Crippen LogP contribution in [0.15, 0.2) is 30.6 Å². The standard InChI is InChI=1S/C16H21N3O2/c1-11(2)13-8-16(18-10-17-13)19(3)9-12-5-6-15(21-4)14(20)7-12/h5-8,10-11,20H,9H2,1-4H3. The summed E-state index contributed by atoms with van der Waals surface area (Å²) < 4.78 is 5.05. The molecular formula is C16H21N3O2. The van der Waals surface area contributed by atoms with E-state index in [2.05, 4.69) is 23.8 Å². The van der Waals surface area contributed by atoms with E-state index in [9.17, 15) is 5.11 Å². The number of hydrogen-bond donors (Lipinski definition) is 1. The third-order valence-electron chi connectivity index (χ3n) is 3.32. The maximum absolute atomic E-state index is 9.82. The van der Waals surface area contributed by atoms with Crippen LogP contribution in [0.3, 0.4) is 0 Å². The quantitative estimate of drug-likeness (QED) is 0.916. The number of phenols is 1. The van der Waals surface area contributed by atoms with Crippen LogP contribution >= 0.6 is 0 Å². The molecule has 0 amide bonds. The predicted octanol–water partition coefficient (Wildman–Crippen LogP) is 2.95. The van der Waals surface area contributed by atoms with Crippen LogP contribution in [0.4, 0.5) is 5.82 Å². The van der Waals surface area contributed by atoms with E-state index >= 15 is 0 Å². The lowest BCUT2D eigenvalue weighted by Crippen LogP contribution is -2.18. The first-order chi connectivity index (χ1) is 10.0. The molecule has 1 heterocycles. The van der Waals surface area contributed by atoms with E-state index in [0.717, 1.165) is 17.1 Å². The van der Waals surface area contributed by atoms with Crippen LogP contribution in [-0.4, -0.2) is 29.2 Å². The first kappa shape index (κ1) is 15.1. The Morgan fingerprint density at radius 1 is 1.24 bits per heavy atom. The van der Waals surface area contributed by atoms with Crippen molar-refractivity contribution in [1.29, 1.82) is 0 Å². The topological polar surface area (TPSA) is 58.5 Å². The van der Waals surface area contributed by atoms with Crippen molar-refractivity contribution in [3.63, 3.8) is 0 Å². The lowest BCUT2D eigenvalue weighted by Gasteiger charge is -2.19. The summed E-state index contributed by atoms with van der Waals surface area (Å²) in [5.41, 5.74) is 2.00. The van der Waals surface area contributed by atoms with Crippen LogP contribution < -0.4 is 9.64 Å². The number of aromatic nitrogens is 2. The van der Waals surface area contributed by atoms with Gasteiger partial charge in [-0.05, 0) is 23.6 Å². The van der Waals surface area contributed by atoms with E-state index in [4.69, 9.17) is 4.74 Å². The minimum absolute atomic E-state index is 0.147. The van der Waals surface area contributed by atoms with E-state index in [-0.39, 0.29) is 5.75 Å². The summed E-state index contributed by atoms with van der Waals surface area (Å²) in [6.07, 6.45) is 1.59. The van der Waals surface area contributed by atoms with Crippen LogP contribution in [0, 0.1) is 0 Å². The Kier molecular flexibility index (Phi) is 4.62. The van der Waals surface area contributed by atoms with Gasteiger partial charge in [-0.25, -0.2) is 9.97 Å². The van der Waals surface area contributed by atoms with Crippen LogP contribution in [0.25, 0.3) is 0 Å². The largest absolute Gasteiger partial charge is 0.504 e. The number of benzene rings is 1. The molecule has 0 saturated carbocycles. The van der Waals surface area contributed by atoms with E-state index in [0.29, 0.717) is 18.2 Å². The van der Waals surface area contributed by atoms with Gasteiger partial charge in [-0.3, -0.25) is 0 Å². The number of nitrogens with zero attached hydrogens (tertiary/aromatic N) is 3. The van der Waals surface area contributed by atoms with E-state index in [1.807, 2.05) is 24.1 Å². The molecule has 1 aromatic heterocycles. The van der Waals surface area contributed by atoms with Crippen molar-refractivity contribution in [3.05, 3.63) is 41.9 Å². The molecule has 0 aliphatic heterocycles. The molecular weight excluding hydrogens is 266 g/mol. The van der Waals surface area contributed by atoms with Crippen molar-refractivity contribution >= 4 is 5.82 Å². The second-order valence-electron chi connectivity index (χ2n) is 5.32. The Bertz CT molecular complexity index is 614. The fraction of sp³-hybridized carbons (Fsp3) is 0.375. The van der Waals surface area contributed by atoms with Gasteiger partial charge in [-0.1, -0.05) is 19.9 Å². The van der Waals surface area contributed by atoms with Gasteiger partial charge in [0.25, 0.3) is 0 Å². The molecule has 0 spiro atoms. The Morgan fingerprint density at radius 2 is 2.00 bits per heavy atom. The number of anilines is 1. The molecule has 0 saturated heterocycles. The zero-order chi connectivity index (χ0) is 15.4. The number of methoxy groups -OCH3 is 1. The molecule has 0 unspecified atom stereocenters. The molecule has 112 valence electrons. The van der Waals surface area contributed by atoms with Gasteiger partial charge in [0, 0.05) is 25.4 Å². The van der Waals surface area contributed by atoms with Gasteiger partial charge in [0.15, 0.2) is 11.5 Å². The van der Waals surface area contributed by atoms with Gasteiger partial charge in [0.05, 0.1) is 7.11 Å². The summed E-state index contributed by atoms with van der Waals surface area (Å²) in [5.74, 6) is 1.86. The Hall–Kier alpha value is -2.30. The van der Waals surface area contributed by atoms with Crippen LogP contribution in [0.2, 0.25) is 0 Å². The highest BCUT2D eigenvalue weighted by Crippen LogP contribution is 2.27. The highest BCUT2D eigenvalue weighted by Gasteiger charge is 2.09. The summed E-state index contributed by atoms with van der Waals surface area (Å²) in [6.45, 7) is 4.85. The van der Waals surface area contributed by atoms with E-state index < -0.39 is 0 Å². The lowest BCUT2D eigenvalue weighted by atomic mass is 10.1. The molecule has 1 N–H and O–H groups in total. The second-order valence-corrected chi connectivity index (χ2v) is 5.32. The van der Waals surface area contributed by atoms with E-state index in [1.165, 1.54) is 7.11 Å². The molecule has 0 fully saturated rings. The minimum atomic E-state index is 0.147. The Labute approximate surface area is 125 Å². The first-order valence-corrected chi connectivity index (χ1v) is 6.90. The summed E-state index contributed by atoms with van der Waals surface area (Å²) in [5, 5.41) is 9.82. The molecule has 0 aliphatic rings. The fourth-order valence-corrected chi connectivity index (χ4v) is 2.07. The summed E-state index contributed by atoms with van der Waals surface area (Å²) >= 11 is 0. The van der Waals surface area contributed by atoms with Gasteiger partial charge < -0.3 is 14.7 Å². The molecule has 0 radical (unpaired) electrons. The predicted molar refractivity (Wildman–Crippen MR) is 82.9 cm³/mol. The lowest BCUT2D eigenvalue weighted by molar-refractivity contribution is 0.373. The third-order valence-corrected chi connectivity index (χ3v) is 3.32. The van der Waals surface area contributed by atoms with Crippen molar-refractivity contribution < 1.29 is 9.84 Å². The molecule has 5 nitrogen and oxygen atoms in total. The smallest absolute Gasteiger partial charge is 0.160 e. The molecule has 21 heavy (non-hydrogen) atoms. The molecule has 2 aromatic rings. The van der Waals surface area contributed by atoms with Crippen molar-refractivity contribution in [2.75, 3.05) is 19.1 Å². The zero-order valence-corrected chi connectivity index (χ0v) is 12.9. The SMILES string of the molecule is COc1ccc(CN(C)c2cc(C(C)C)ncn2)cc1O. The van der Waals surface area contributed by atoms with Crippen LogP contribution in [0.5, 0.6) is 11.5 Å². The van der Waals surface area contributed by atoms with Gasteiger partial charge in [-0.2, -0.15) is 0 Å². The monoisotopic (exact) mass is 287 g/mol. The van der Waals surface area contributed by atoms with Crippen molar-refractivity contribution in [2.45, 2.75) is 26.3 Å². The Morgan fingerprint density at radius 3 is 2.62 bits per heavy atom. The maximum Gasteiger partial charge on any atom is 0.160 e. The molecule has 2 rings (SSSR count). The van der Waals surface area contributed by atoms with Crippen molar-refractivity contribution in [3.8, 4) is 11.5 Å². The average Bonchev–Trinajstić information content (AvgIpc) is 2.47.